The molecule has 0 spiro atoms. The summed E-state index contributed by atoms with van der Waals surface area (Å²) in [7, 11) is 0. The van der Waals surface area contributed by atoms with Crippen LogP contribution in [0.15, 0.2) is 74.5 Å². The summed E-state index contributed by atoms with van der Waals surface area (Å²) in [6.45, 7) is 0.103. The van der Waals surface area contributed by atoms with Gasteiger partial charge in [-0.3, -0.25) is 34.7 Å². The zero-order valence-electron chi connectivity index (χ0n) is 17.9. The van der Waals surface area contributed by atoms with E-state index in [0.29, 0.717) is 10.0 Å². The molecule has 0 saturated carbocycles. The Bertz CT molecular complexity index is 1440. The summed E-state index contributed by atoms with van der Waals surface area (Å²) in [5.74, 6) is -0.555. The second-order valence-electron chi connectivity index (χ2n) is 7.34. The van der Waals surface area contributed by atoms with Crippen LogP contribution >= 0.6 is 43.6 Å². The molecule has 1 saturated heterocycles. The highest BCUT2D eigenvalue weighted by Gasteiger charge is 2.35. The van der Waals surface area contributed by atoms with Gasteiger partial charge < -0.3 is 4.74 Å². The number of non-ortho nitro benzene ring substituents is 1. The first-order valence-electron chi connectivity index (χ1n) is 10.0. The number of thioether (sulfide) groups is 1. The summed E-state index contributed by atoms with van der Waals surface area (Å²) in [6.07, 6.45) is 1.46. The van der Waals surface area contributed by atoms with E-state index in [9.17, 15) is 29.8 Å². The summed E-state index contributed by atoms with van der Waals surface area (Å²) in [4.78, 5) is 47.8. The van der Waals surface area contributed by atoms with E-state index in [0.717, 1.165) is 44.9 Å². The molecular formula is C23H13Br2N3O7S. The van der Waals surface area contributed by atoms with Gasteiger partial charge in [0.1, 0.15) is 5.75 Å². The molecule has 4 rings (SSSR count). The first kappa shape index (κ1) is 25.5. The molecule has 0 aromatic heterocycles. The molecule has 0 bridgehead atoms. The average Bonchev–Trinajstić information content (AvgIpc) is 3.09. The molecule has 0 aliphatic carbocycles. The molecule has 10 nitrogen and oxygen atoms in total. The van der Waals surface area contributed by atoms with Crippen molar-refractivity contribution in [2.45, 2.75) is 6.54 Å². The predicted molar refractivity (Wildman–Crippen MR) is 140 cm³/mol. The third-order valence-corrected chi connectivity index (χ3v) is 6.89. The fourth-order valence-corrected chi connectivity index (χ4v) is 4.71. The van der Waals surface area contributed by atoms with Gasteiger partial charge in [-0.2, -0.15) is 0 Å². The highest BCUT2D eigenvalue weighted by atomic mass is 79.9. The van der Waals surface area contributed by atoms with Crippen LogP contribution in [0.5, 0.6) is 11.5 Å². The zero-order chi connectivity index (χ0) is 26.0. The van der Waals surface area contributed by atoms with Crippen LogP contribution in [0.2, 0.25) is 0 Å². The van der Waals surface area contributed by atoms with Gasteiger partial charge in [0.15, 0.2) is 0 Å². The maximum Gasteiger partial charge on any atom is 0.318 e. The Balaban J connectivity index is 1.65. The van der Waals surface area contributed by atoms with Gasteiger partial charge in [0.05, 0.1) is 27.4 Å². The van der Waals surface area contributed by atoms with Gasteiger partial charge in [0.2, 0.25) is 5.75 Å². The largest absolute Gasteiger partial charge is 0.449 e. The Kier molecular flexibility index (Phi) is 7.52. The molecule has 1 heterocycles. The number of nitro groups is 2. The van der Waals surface area contributed by atoms with E-state index in [1.54, 1.807) is 24.3 Å². The number of halogens is 2. The lowest BCUT2D eigenvalue weighted by atomic mass is 10.1. The van der Waals surface area contributed by atoms with E-state index < -0.39 is 32.4 Å². The first-order chi connectivity index (χ1) is 17.1. The number of carbonyl (C=O) groups is 2. The topological polar surface area (TPSA) is 133 Å². The third kappa shape index (κ3) is 5.64. The van der Waals surface area contributed by atoms with Crippen molar-refractivity contribution < 1.29 is 24.2 Å². The van der Waals surface area contributed by atoms with Crippen LogP contribution in [-0.4, -0.2) is 25.9 Å². The minimum Gasteiger partial charge on any atom is -0.449 e. The molecule has 0 N–H and O–H groups in total. The molecule has 0 unspecified atom stereocenters. The van der Waals surface area contributed by atoms with E-state index >= 15 is 0 Å². The molecule has 36 heavy (non-hydrogen) atoms. The van der Waals surface area contributed by atoms with E-state index in [4.69, 9.17) is 4.74 Å². The fourth-order valence-electron chi connectivity index (χ4n) is 3.24. The van der Waals surface area contributed by atoms with Crippen molar-refractivity contribution in [2.24, 2.45) is 0 Å². The molecule has 0 radical (unpaired) electrons. The predicted octanol–water partition coefficient (Wildman–Crippen LogP) is 7.06. The lowest BCUT2D eigenvalue weighted by Crippen LogP contribution is -2.27. The number of nitro benzene ring substituents is 2. The standard InChI is InChI=1S/C23H13Br2N3O7S/c24-15-3-1-13(2-4-15)12-26-22(29)21(36-23(26)30)10-14-9-16(25)5-7-19(14)35-20-8-6-17(27(31)32)11-18(20)28(33)34/h1-11H,12H2/b21-10-. The van der Waals surface area contributed by atoms with Gasteiger partial charge in [0, 0.05) is 20.6 Å². The number of imide groups is 1. The Morgan fingerprint density at radius 1 is 0.889 bits per heavy atom. The second kappa shape index (κ2) is 10.6. The van der Waals surface area contributed by atoms with Crippen LogP contribution < -0.4 is 4.74 Å². The van der Waals surface area contributed by atoms with Crippen molar-refractivity contribution in [1.82, 2.24) is 4.90 Å². The number of nitrogens with zero attached hydrogens (tertiary/aromatic N) is 3. The smallest absolute Gasteiger partial charge is 0.318 e. The monoisotopic (exact) mass is 633 g/mol. The van der Waals surface area contributed by atoms with Crippen LogP contribution in [0, 0.1) is 20.2 Å². The average molecular weight is 635 g/mol. The number of hydrogen-bond donors (Lipinski definition) is 0. The third-order valence-electron chi connectivity index (χ3n) is 4.96. The SMILES string of the molecule is O=C1S/C(=C\c2cc(Br)ccc2Oc2ccc([N+](=O)[O-])cc2[N+](=O)[O-])C(=O)N1Cc1ccc(Br)cc1. The number of benzene rings is 3. The molecule has 1 aliphatic rings. The molecule has 0 atom stereocenters. The highest BCUT2D eigenvalue weighted by Crippen LogP contribution is 2.39. The molecule has 3 aromatic carbocycles. The molecule has 3 aromatic rings. The van der Waals surface area contributed by atoms with E-state index in [1.165, 1.54) is 12.1 Å². The summed E-state index contributed by atoms with van der Waals surface area (Å²) in [5.41, 5.74) is 0.0993. The molecular weight excluding hydrogens is 622 g/mol. The second-order valence-corrected chi connectivity index (χ2v) is 10.2. The van der Waals surface area contributed by atoms with Crippen LogP contribution in [0.4, 0.5) is 16.2 Å². The van der Waals surface area contributed by atoms with E-state index in [2.05, 4.69) is 31.9 Å². The Hall–Kier alpha value is -3.55. The normalized spacial score (nSPS) is 14.4. The Morgan fingerprint density at radius 3 is 2.22 bits per heavy atom. The quantitative estimate of drug-likeness (QED) is 0.153. The van der Waals surface area contributed by atoms with Gasteiger partial charge in [-0.25, -0.2) is 0 Å². The molecule has 1 aliphatic heterocycles. The zero-order valence-corrected chi connectivity index (χ0v) is 21.9. The summed E-state index contributed by atoms with van der Waals surface area (Å²) < 4.78 is 7.25. The van der Waals surface area contributed by atoms with Crippen LogP contribution in [0.3, 0.4) is 0 Å². The fraction of sp³-hybridized carbons (Fsp3) is 0.0435. The lowest BCUT2D eigenvalue weighted by molar-refractivity contribution is -0.394. The van der Waals surface area contributed by atoms with E-state index in [-0.39, 0.29) is 22.9 Å². The number of amides is 2. The van der Waals surface area contributed by atoms with Gasteiger partial charge in [0.25, 0.3) is 16.8 Å². The molecule has 182 valence electrons. The lowest BCUT2D eigenvalue weighted by Gasteiger charge is -2.12. The van der Waals surface area contributed by atoms with Gasteiger partial charge in [-0.15, -0.1) is 0 Å². The van der Waals surface area contributed by atoms with Crippen molar-refractivity contribution in [1.29, 1.82) is 0 Å². The minimum atomic E-state index is -0.783. The number of hydrogen-bond acceptors (Lipinski definition) is 8. The number of ether oxygens (including phenoxy) is 1. The van der Waals surface area contributed by atoms with Gasteiger partial charge in [-0.05, 0) is 59.8 Å². The van der Waals surface area contributed by atoms with Crippen LogP contribution in [0.25, 0.3) is 6.08 Å². The van der Waals surface area contributed by atoms with Crippen molar-refractivity contribution >= 4 is 72.2 Å². The summed E-state index contributed by atoms with van der Waals surface area (Å²) >= 11 is 7.45. The van der Waals surface area contributed by atoms with Crippen molar-refractivity contribution in [3.63, 3.8) is 0 Å². The summed E-state index contributed by atoms with van der Waals surface area (Å²) in [6, 6.07) is 15.0. The first-order valence-corrected chi connectivity index (χ1v) is 12.4. The molecule has 1 fully saturated rings. The molecule has 2 amide bonds. The van der Waals surface area contributed by atoms with Crippen LogP contribution in [0.1, 0.15) is 11.1 Å². The number of rotatable bonds is 7. The minimum absolute atomic E-state index is 0.103. The van der Waals surface area contributed by atoms with Crippen molar-refractivity contribution in [3.8, 4) is 11.5 Å². The maximum atomic E-state index is 13.0. The number of carbonyl (C=O) groups excluding carboxylic acids is 2. The van der Waals surface area contributed by atoms with Gasteiger partial charge in [-0.1, -0.05) is 44.0 Å². The highest BCUT2D eigenvalue weighted by molar-refractivity contribution is 9.10. The molecule has 13 heteroatoms. The van der Waals surface area contributed by atoms with Crippen molar-refractivity contribution in [3.05, 3.63) is 106 Å². The Labute approximate surface area is 224 Å². The van der Waals surface area contributed by atoms with Crippen molar-refractivity contribution in [2.75, 3.05) is 0 Å². The summed E-state index contributed by atoms with van der Waals surface area (Å²) in [5, 5.41) is 22.1. The Morgan fingerprint density at radius 2 is 1.56 bits per heavy atom. The van der Waals surface area contributed by atoms with Gasteiger partial charge >= 0.3 is 5.69 Å². The van der Waals surface area contributed by atoms with Crippen LogP contribution in [-0.2, 0) is 11.3 Å². The van der Waals surface area contributed by atoms with E-state index in [1.807, 2.05) is 12.1 Å². The maximum absolute atomic E-state index is 13.0.